The number of ether oxygens (including phenoxy) is 6. The molecule has 0 saturated carbocycles. The van der Waals surface area contributed by atoms with Crippen LogP contribution >= 0.6 is 0 Å². The maximum absolute atomic E-state index is 12.8. The number of carbonyl (C=O) groups is 2. The number of hydrogen-bond donors (Lipinski definition) is 0. The molecule has 296 valence electrons. The third-order valence-corrected chi connectivity index (χ3v) is 10.2. The van der Waals surface area contributed by atoms with Gasteiger partial charge in [0, 0.05) is 17.0 Å². The molecule has 1 aliphatic rings. The largest absolute Gasteiger partial charge is 0.487 e. The van der Waals surface area contributed by atoms with Gasteiger partial charge >= 0.3 is 11.9 Å². The molecule has 1 aromatic rings. The predicted octanol–water partition coefficient (Wildman–Crippen LogP) is 9.72. The molecule has 1 heterocycles. The molecule has 0 aromatic heterocycles. The lowest BCUT2D eigenvalue weighted by atomic mass is 9.83. The van der Waals surface area contributed by atoms with Crippen LogP contribution in [0.15, 0.2) is 5.11 Å². The second kappa shape index (κ2) is 25.2. The maximum atomic E-state index is 12.8. The molecule has 0 aliphatic carbocycles. The molecule has 0 fully saturated rings. The quantitative estimate of drug-likeness (QED) is 0.0207. The highest BCUT2D eigenvalue weighted by molar-refractivity contribution is 5.80. The van der Waals surface area contributed by atoms with E-state index in [0.717, 1.165) is 71.4 Å². The van der Waals surface area contributed by atoms with Crippen molar-refractivity contribution in [3.8, 4) is 11.5 Å². The molecular weight excluding hydrogens is 662 g/mol. The first-order valence-electron chi connectivity index (χ1n) is 19.8. The summed E-state index contributed by atoms with van der Waals surface area (Å²) in [6.45, 7) is 20.2. The number of rotatable bonds is 28. The minimum atomic E-state index is -0.478. The Labute approximate surface area is 313 Å². The van der Waals surface area contributed by atoms with Crippen molar-refractivity contribution in [2.24, 2.45) is 22.9 Å². The van der Waals surface area contributed by atoms with E-state index < -0.39 is 11.9 Å². The molecule has 52 heavy (non-hydrogen) atoms. The Bertz CT molecular complexity index is 1270. The molecule has 1 aliphatic heterocycles. The molecule has 11 nitrogen and oxygen atoms in total. The first-order chi connectivity index (χ1) is 24.9. The Hall–Kier alpha value is -2.85. The van der Waals surface area contributed by atoms with Crippen molar-refractivity contribution in [1.82, 2.24) is 0 Å². The second-order valence-electron chi connectivity index (χ2n) is 15.4. The fraction of sp³-hybridized carbons (Fsp3) is 0.805. The van der Waals surface area contributed by atoms with Crippen LogP contribution in [0.1, 0.15) is 134 Å². The van der Waals surface area contributed by atoms with Crippen LogP contribution in [0, 0.1) is 38.5 Å². The predicted molar refractivity (Wildman–Crippen MR) is 205 cm³/mol. The smallest absolute Gasteiger partial charge is 0.311 e. The van der Waals surface area contributed by atoms with Gasteiger partial charge in [-0.15, -0.1) is 0 Å². The number of hydrogen-bond acceptors (Lipinski definition) is 9. The van der Waals surface area contributed by atoms with Crippen molar-refractivity contribution in [3.05, 3.63) is 32.7 Å². The van der Waals surface area contributed by atoms with Gasteiger partial charge in [-0.25, -0.2) is 0 Å². The van der Waals surface area contributed by atoms with E-state index in [1.807, 2.05) is 20.8 Å². The summed E-state index contributed by atoms with van der Waals surface area (Å²) in [5.41, 5.74) is 11.9. The molecule has 3 atom stereocenters. The van der Waals surface area contributed by atoms with Crippen LogP contribution in [0.25, 0.3) is 10.4 Å². The molecule has 2 rings (SSSR count). The zero-order valence-electron chi connectivity index (χ0n) is 33.7. The van der Waals surface area contributed by atoms with Crippen LogP contribution in [-0.4, -0.2) is 70.3 Å². The zero-order valence-corrected chi connectivity index (χ0v) is 33.7. The highest BCUT2D eigenvalue weighted by Gasteiger charge is 2.35. The van der Waals surface area contributed by atoms with E-state index in [1.165, 1.54) is 44.9 Å². The molecule has 1 aromatic carbocycles. The van der Waals surface area contributed by atoms with Crippen LogP contribution in [0.4, 0.5) is 0 Å². The molecule has 0 N–H and O–H groups in total. The monoisotopic (exact) mass is 732 g/mol. The topological polar surface area (TPSA) is 138 Å². The molecule has 0 saturated heterocycles. The number of nitrogens with zero attached hydrogens (tertiary/aromatic N) is 3. The minimum absolute atomic E-state index is 0.0682. The number of azide groups is 1. The van der Waals surface area contributed by atoms with Gasteiger partial charge in [0.1, 0.15) is 23.7 Å². The number of carbonyl (C=O) groups excluding carboxylic acids is 2. The standard InChI is InChI=1S/C41H69N3O8/c1-30(2)12-9-13-31(3)14-10-15-32(4)16-11-20-41(8)21-19-36-35(7)39(33(5)34(6)40(36)52-41)51-38(46)18-17-37(45)50-29-28-49-27-26-48-25-24-47-23-22-43-44-42/h30-32H,9-29H2,1-8H3/t31-,32-,41-/m1/s1. The molecule has 0 bridgehead atoms. The van der Waals surface area contributed by atoms with Gasteiger partial charge in [0.05, 0.1) is 52.5 Å². The van der Waals surface area contributed by atoms with Crippen molar-refractivity contribution in [1.29, 1.82) is 0 Å². The third-order valence-electron chi connectivity index (χ3n) is 10.2. The lowest BCUT2D eigenvalue weighted by Crippen LogP contribution is -2.37. The van der Waals surface area contributed by atoms with Crippen molar-refractivity contribution < 1.29 is 38.0 Å². The Morgan fingerprint density at radius 1 is 0.769 bits per heavy atom. The van der Waals surface area contributed by atoms with E-state index in [1.54, 1.807) is 0 Å². The fourth-order valence-corrected chi connectivity index (χ4v) is 6.76. The summed E-state index contributed by atoms with van der Waals surface area (Å²) in [5, 5.41) is 3.38. The van der Waals surface area contributed by atoms with Crippen LogP contribution in [0.5, 0.6) is 11.5 Å². The van der Waals surface area contributed by atoms with Crippen LogP contribution in [-0.2, 0) is 35.0 Å². The molecule has 0 spiro atoms. The number of fused-ring (bicyclic) bond motifs is 1. The average molecular weight is 732 g/mol. The van der Waals surface area contributed by atoms with E-state index in [-0.39, 0.29) is 31.7 Å². The Morgan fingerprint density at radius 2 is 1.33 bits per heavy atom. The summed E-state index contributed by atoms with van der Waals surface area (Å²) in [7, 11) is 0. The van der Waals surface area contributed by atoms with Crippen molar-refractivity contribution in [2.45, 2.75) is 144 Å². The van der Waals surface area contributed by atoms with Gasteiger partial charge < -0.3 is 28.4 Å². The minimum Gasteiger partial charge on any atom is -0.487 e. The Morgan fingerprint density at radius 3 is 1.94 bits per heavy atom. The number of benzene rings is 1. The summed E-state index contributed by atoms with van der Waals surface area (Å²) in [6.07, 6.45) is 13.1. The normalized spacial score (nSPS) is 16.5. The maximum Gasteiger partial charge on any atom is 0.311 e. The Balaban J connectivity index is 1.69. The molecule has 11 heteroatoms. The fourth-order valence-electron chi connectivity index (χ4n) is 6.76. The van der Waals surface area contributed by atoms with Crippen LogP contribution in [0.2, 0.25) is 0 Å². The number of esters is 2. The zero-order chi connectivity index (χ0) is 38.4. The van der Waals surface area contributed by atoms with Gasteiger partial charge in [-0.05, 0) is 93.4 Å². The van der Waals surface area contributed by atoms with Gasteiger partial charge in [-0.3, -0.25) is 9.59 Å². The van der Waals surface area contributed by atoms with Crippen molar-refractivity contribution in [2.75, 3.05) is 52.8 Å². The SMILES string of the molecule is Cc1c(C)c2c(c(C)c1OC(=O)CCC(=O)OCCOCCOCCOCCN=[N+]=[N-])CC[C@@](C)(CCC[C@H](C)CCC[C@H](C)CCCC(C)C)O2. The highest BCUT2D eigenvalue weighted by Crippen LogP contribution is 2.45. The molecule has 0 unspecified atom stereocenters. The summed E-state index contributed by atoms with van der Waals surface area (Å²) in [6, 6.07) is 0. The summed E-state index contributed by atoms with van der Waals surface area (Å²) >= 11 is 0. The van der Waals surface area contributed by atoms with Crippen molar-refractivity contribution >= 4 is 11.9 Å². The van der Waals surface area contributed by atoms with E-state index in [9.17, 15) is 9.59 Å². The van der Waals surface area contributed by atoms with Crippen LogP contribution < -0.4 is 9.47 Å². The van der Waals surface area contributed by atoms with E-state index in [4.69, 9.17) is 34.0 Å². The molecule has 0 radical (unpaired) electrons. The van der Waals surface area contributed by atoms with E-state index in [2.05, 4.69) is 44.6 Å². The van der Waals surface area contributed by atoms with Crippen LogP contribution in [0.3, 0.4) is 0 Å². The molecule has 0 amide bonds. The second-order valence-corrected chi connectivity index (χ2v) is 15.4. The third kappa shape index (κ3) is 17.8. The lowest BCUT2D eigenvalue weighted by molar-refractivity contribution is -0.148. The van der Waals surface area contributed by atoms with Gasteiger partial charge in [0.25, 0.3) is 0 Å². The Kier molecular flexibility index (Phi) is 22.0. The summed E-state index contributed by atoms with van der Waals surface area (Å²) < 4.78 is 33.8. The van der Waals surface area contributed by atoms with Crippen molar-refractivity contribution in [3.63, 3.8) is 0 Å². The highest BCUT2D eigenvalue weighted by atomic mass is 16.6. The first-order valence-corrected chi connectivity index (χ1v) is 19.8. The van der Waals surface area contributed by atoms with Gasteiger partial charge in [-0.1, -0.05) is 77.8 Å². The average Bonchev–Trinajstić information content (AvgIpc) is 3.10. The van der Waals surface area contributed by atoms with Gasteiger partial charge in [0.2, 0.25) is 0 Å². The first kappa shape index (κ1) is 45.3. The summed E-state index contributed by atoms with van der Waals surface area (Å²) in [5.74, 6) is 2.95. The summed E-state index contributed by atoms with van der Waals surface area (Å²) in [4.78, 5) is 27.7. The molecular formula is C41H69N3O8. The lowest BCUT2D eigenvalue weighted by Gasteiger charge is -2.38. The van der Waals surface area contributed by atoms with Gasteiger partial charge in [0.15, 0.2) is 0 Å². The van der Waals surface area contributed by atoms with Gasteiger partial charge in [-0.2, -0.15) is 0 Å². The van der Waals surface area contributed by atoms with E-state index in [0.29, 0.717) is 45.3 Å². The van der Waals surface area contributed by atoms with E-state index >= 15 is 0 Å².